The van der Waals surface area contributed by atoms with Gasteiger partial charge in [-0.05, 0) is 37.1 Å². The summed E-state index contributed by atoms with van der Waals surface area (Å²) in [6, 6.07) is 6.96. The van der Waals surface area contributed by atoms with E-state index in [-0.39, 0.29) is 29.7 Å². The average molecular weight is 429 g/mol. The van der Waals surface area contributed by atoms with E-state index in [9.17, 15) is 14.4 Å². The Kier molecular flexibility index (Phi) is 5.81. The van der Waals surface area contributed by atoms with E-state index in [0.717, 1.165) is 31.7 Å². The summed E-state index contributed by atoms with van der Waals surface area (Å²) >= 11 is 0. The van der Waals surface area contributed by atoms with E-state index in [1.54, 1.807) is 36.3 Å². The number of likely N-dealkylation sites (tertiary alicyclic amines) is 3. The Bertz CT molecular complexity index is 850. The minimum atomic E-state index is -0.702. The normalized spacial score (nSPS) is 25.2. The van der Waals surface area contributed by atoms with Crippen LogP contribution in [0.4, 0.5) is 10.5 Å². The second kappa shape index (κ2) is 8.40. The Morgan fingerprint density at radius 3 is 2.23 bits per heavy atom. The Morgan fingerprint density at radius 2 is 1.61 bits per heavy atom. The summed E-state index contributed by atoms with van der Waals surface area (Å²) in [5.41, 5.74) is -0.0223. The van der Waals surface area contributed by atoms with Crippen LogP contribution in [-0.4, -0.2) is 78.9 Å². The minimum Gasteiger partial charge on any atom is -0.497 e. The predicted molar refractivity (Wildman–Crippen MR) is 117 cm³/mol. The summed E-state index contributed by atoms with van der Waals surface area (Å²) in [6.45, 7) is 7.06. The number of carbonyl (C=O) groups is 3. The highest BCUT2D eigenvalue weighted by molar-refractivity contribution is 5.92. The molecule has 31 heavy (non-hydrogen) atoms. The van der Waals surface area contributed by atoms with Gasteiger partial charge in [0.1, 0.15) is 5.75 Å². The number of urea groups is 1. The Morgan fingerprint density at radius 1 is 1.00 bits per heavy atom. The van der Waals surface area contributed by atoms with Gasteiger partial charge in [0, 0.05) is 56.8 Å². The molecule has 3 saturated heterocycles. The van der Waals surface area contributed by atoms with Gasteiger partial charge < -0.3 is 24.8 Å². The van der Waals surface area contributed by atoms with Crippen LogP contribution < -0.4 is 10.1 Å². The van der Waals surface area contributed by atoms with E-state index < -0.39 is 5.41 Å². The molecule has 0 aliphatic carbocycles. The highest BCUT2D eigenvalue weighted by Gasteiger charge is 2.60. The van der Waals surface area contributed by atoms with Crippen molar-refractivity contribution in [1.29, 1.82) is 0 Å². The third-order valence-corrected chi connectivity index (χ3v) is 6.86. The van der Waals surface area contributed by atoms with Crippen LogP contribution >= 0.6 is 0 Å². The van der Waals surface area contributed by atoms with Crippen LogP contribution in [0, 0.1) is 17.3 Å². The number of methoxy groups -OCH3 is 1. The van der Waals surface area contributed by atoms with Crippen LogP contribution in [-0.2, 0) is 9.59 Å². The van der Waals surface area contributed by atoms with Gasteiger partial charge >= 0.3 is 6.03 Å². The first-order chi connectivity index (χ1) is 14.8. The maximum atomic E-state index is 13.6. The van der Waals surface area contributed by atoms with Gasteiger partial charge in [-0.25, -0.2) is 4.79 Å². The van der Waals surface area contributed by atoms with Gasteiger partial charge in [-0.1, -0.05) is 13.8 Å². The molecule has 0 spiro atoms. The van der Waals surface area contributed by atoms with Crippen molar-refractivity contribution in [1.82, 2.24) is 14.7 Å². The largest absolute Gasteiger partial charge is 0.497 e. The summed E-state index contributed by atoms with van der Waals surface area (Å²) in [5.74, 6) is 0.766. The molecule has 0 saturated carbocycles. The summed E-state index contributed by atoms with van der Waals surface area (Å²) in [4.78, 5) is 44.8. The summed E-state index contributed by atoms with van der Waals surface area (Å²) in [5, 5.41) is 2.93. The van der Waals surface area contributed by atoms with Crippen molar-refractivity contribution in [2.24, 2.45) is 17.3 Å². The van der Waals surface area contributed by atoms with Crippen molar-refractivity contribution < 1.29 is 19.1 Å². The highest BCUT2D eigenvalue weighted by Crippen LogP contribution is 2.45. The van der Waals surface area contributed by atoms with Crippen molar-refractivity contribution in [3.05, 3.63) is 24.3 Å². The lowest BCUT2D eigenvalue weighted by Gasteiger charge is -2.32. The topological polar surface area (TPSA) is 82.2 Å². The molecule has 3 aliphatic rings. The standard InChI is InChI=1S/C23H32N4O4/c1-16(2)20(28)26-12-17-13-27(22(30)24-18-6-8-19(31-3)9-7-18)15-23(17,14-26)21(29)25-10-4-5-11-25/h6-9,16-17H,4-5,10-15H2,1-3H3,(H,24,30)/t17-,23-/m0/s1. The first kappa shape index (κ1) is 21.5. The zero-order valence-corrected chi connectivity index (χ0v) is 18.6. The molecular weight excluding hydrogens is 396 g/mol. The first-order valence-corrected chi connectivity index (χ1v) is 11.1. The molecular formula is C23H32N4O4. The van der Waals surface area contributed by atoms with Crippen molar-refractivity contribution in [3.8, 4) is 5.75 Å². The number of ether oxygens (including phenoxy) is 1. The number of nitrogens with zero attached hydrogens (tertiary/aromatic N) is 3. The predicted octanol–water partition coefficient (Wildman–Crippen LogP) is 2.27. The van der Waals surface area contributed by atoms with E-state index in [1.165, 1.54) is 0 Å². The number of hydrogen-bond donors (Lipinski definition) is 1. The second-order valence-electron chi connectivity index (χ2n) is 9.27. The van der Waals surface area contributed by atoms with Crippen LogP contribution in [0.3, 0.4) is 0 Å². The average Bonchev–Trinajstić information content (AvgIpc) is 3.48. The molecule has 8 heteroatoms. The number of anilines is 1. The maximum Gasteiger partial charge on any atom is 0.321 e. The molecule has 3 aliphatic heterocycles. The van der Waals surface area contributed by atoms with Gasteiger partial charge in [0.15, 0.2) is 0 Å². The molecule has 3 fully saturated rings. The summed E-state index contributed by atoms with van der Waals surface area (Å²) in [6.07, 6.45) is 2.03. The van der Waals surface area contributed by atoms with E-state index in [1.807, 2.05) is 23.6 Å². The first-order valence-electron chi connectivity index (χ1n) is 11.1. The zero-order chi connectivity index (χ0) is 22.2. The van der Waals surface area contributed by atoms with Gasteiger partial charge in [0.05, 0.1) is 12.5 Å². The van der Waals surface area contributed by atoms with Gasteiger partial charge in [-0.2, -0.15) is 0 Å². The van der Waals surface area contributed by atoms with Gasteiger partial charge in [-0.15, -0.1) is 0 Å². The monoisotopic (exact) mass is 428 g/mol. The van der Waals surface area contributed by atoms with Crippen molar-refractivity contribution in [3.63, 3.8) is 0 Å². The number of benzene rings is 1. The number of carbonyl (C=O) groups excluding carboxylic acids is 3. The quantitative estimate of drug-likeness (QED) is 0.798. The fraction of sp³-hybridized carbons (Fsp3) is 0.609. The van der Waals surface area contributed by atoms with Crippen LogP contribution in [0.15, 0.2) is 24.3 Å². The fourth-order valence-corrected chi connectivity index (χ4v) is 5.17. The molecule has 8 nitrogen and oxygen atoms in total. The van der Waals surface area contributed by atoms with Crippen LogP contribution in [0.25, 0.3) is 0 Å². The molecule has 4 rings (SSSR count). The highest BCUT2D eigenvalue weighted by atomic mass is 16.5. The molecule has 0 aromatic heterocycles. The Hall–Kier alpha value is -2.77. The molecule has 4 amide bonds. The summed E-state index contributed by atoms with van der Waals surface area (Å²) in [7, 11) is 1.60. The lowest BCUT2D eigenvalue weighted by molar-refractivity contribution is -0.141. The molecule has 0 unspecified atom stereocenters. The minimum absolute atomic E-state index is 0.0371. The lowest BCUT2D eigenvalue weighted by atomic mass is 9.79. The number of nitrogens with one attached hydrogen (secondary N) is 1. The second-order valence-corrected chi connectivity index (χ2v) is 9.27. The Balaban J connectivity index is 1.51. The van der Waals surface area contributed by atoms with Gasteiger partial charge in [-0.3, -0.25) is 9.59 Å². The smallest absolute Gasteiger partial charge is 0.321 e. The number of rotatable bonds is 4. The van der Waals surface area contributed by atoms with Crippen molar-refractivity contribution in [2.45, 2.75) is 26.7 Å². The zero-order valence-electron chi connectivity index (χ0n) is 18.6. The van der Waals surface area contributed by atoms with E-state index in [4.69, 9.17) is 4.74 Å². The van der Waals surface area contributed by atoms with E-state index >= 15 is 0 Å². The van der Waals surface area contributed by atoms with Gasteiger partial charge in [0.2, 0.25) is 11.8 Å². The van der Waals surface area contributed by atoms with Crippen LogP contribution in [0.5, 0.6) is 5.75 Å². The van der Waals surface area contributed by atoms with Crippen LogP contribution in [0.2, 0.25) is 0 Å². The van der Waals surface area contributed by atoms with Crippen molar-refractivity contribution >= 4 is 23.5 Å². The maximum absolute atomic E-state index is 13.6. The SMILES string of the molecule is COc1ccc(NC(=O)N2C[C@@H]3CN(C(=O)C(C)C)C[C@]3(C(=O)N3CCCC3)C2)cc1. The molecule has 0 bridgehead atoms. The molecule has 1 aromatic rings. The third-order valence-electron chi connectivity index (χ3n) is 6.86. The number of fused-ring (bicyclic) bond motifs is 1. The summed E-state index contributed by atoms with van der Waals surface area (Å²) < 4.78 is 5.16. The van der Waals surface area contributed by atoms with Crippen molar-refractivity contribution in [2.75, 3.05) is 51.7 Å². The van der Waals surface area contributed by atoms with E-state index in [2.05, 4.69) is 5.32 Å². The fourth-order valence-electron chi connectivity index (χ4n) is 5.17. The molecule has 3 heterocycles. The number of hydrogen-bond acceptors (Lipinski definition) is 4. The number of amides is 4. The molecule has 2 atom stereocenters. The Labute approximate surface area is 183 Å². The molecule has 1 aromatic carbocycles. The third kappa shape index (κ3) is 3.95. The molecule has 1 N–H and O–H groups in total. The lowest BCUT2D eigenvalue weighted by Crippen LogP contribution is -2.50. The van der Waals surface area contributed by atoms with Crippen LogP contribution in [0.1, 0.15) is 26.7 Å². The van der Waals surface area contributed by atoms with E-state index in [0.29, 0.717) is 31.9 Å². The van der Waals surface area contributed by atoms with Gasteiger partial charge in [0.25, 0.3) is 0 Å². The molecule has 168 valence electrons. The molecule has 0 radical (unpaired) electrons.